The summed E-state index contributed by atoms with van der Waals surface area (Å²) < 4.78 is 0. The molecule has 0 nitrogen and oxygen atoms in total. The molecule has 2 bridgehead atoms. The fraction of sp³-hybridized carbons (Fsp3) is 0.667. The molecule has 0 aromatic carbocycles. The average Bonchev–Trinajstić information content (AvgIpc) is 2.98. The molecule has 2 rings (SSSR count). The Hall–Kier alpha value is -0.780. The molecule has 0 aromatic heterocycles. The first-order chi connectivity index (χ1) is 8.71. The number of hydrogen-bond donors (Lipinski definition) is 0. The molecule has 1 saturated carbocycles. The van der Waals surface area contributed by atoms with Crippen molar-refractivity contribution in [3.63, 3.8) is 0 Å². The fourth-order valence-corrected chi connectivity index (χ4v) is 3.63. The van der Waals surface area contributed by atoms with Gasteiger partial charge in [0.1, 0.15) is 0 Å². The Morgan fingerprint density at radius 2 is 2.06 bits per heavy atom. The molecule has 100 valence electrons. The lowest BCUT2D eigenvalue weighted by Crippen LogP contribution is -2.12. The van der Waals surface area contributed by atoms with Gasteiger partial charge in [0.25, 0.3) is 0 Å². The number of fused-ring (bicyclic) bond motifs is 2. The van der Waals surface area contributed by atoms with Gasteiger partial charge in [-0.15, -0.1) is 0 Å². The maximum absolute atomic E-state index is 2.52. The molecule has 0 heteroatoms. The highest BCUT2D eigenvalue weighted by atomic mass is 14.4. The van der Waals surface area contributed by atoms with E-state index in [2.05, 4.69) is 45.1 Å². The standard InChI is InChI=1S/C18H28/c1-4-15(5-2)7-8-16(6-3)13-18-11-9-17(14-18)10-12-18/h6-7,9,11,17H,4-5,8,10,12-14H2,1-3H3. The quantitative estimate of drug-likeness (QED) is 0.517. The third-order valence-electron chi connectivity index (χ3n) is 4.95. The SMILES string of the molecule is CC=C(CC=C(CC)CC)CC12C=CC(CC1)C2. The molecule has 2 unspecified atom stereocenters. The van der Waals surface area contributed by atoms with Crippen molar-refractivity contribution in [3.05, 3.63) is 35.5 Å². The zero-order valence-corrected chi connectivity index (χ0v) is 12.3. The van der Waals surface area contributed by atoms with Crippen molar-refractivity contribution in [1.82, 2.24) is 0 Å². The summed E-state index contributed by atoms with van der Waals surface area (Å²) in [5.74, 6) is 0.903. The van der Waals surface area contributed by atoms with Gasteiger partial charge in [0.15, 0.2) is 0 Å². The Kier molecular flexibility index (Phi) is 4.48. The summed E-state index contributed by atoms with van der Waals surface area (Å²) in [6.45, 7) is 6.75. The smallest absolute Gasteiger partial charge is 0.00751 e. The average molecular weight is 244 g/mol. The molecule has 0 amide bonds. The Labute approximate surface area is 113 Å². The molecular weight excluding hydrogens is 216 g/mol. The van der Waals surface area contributed by atoms with E-state index in [9.17, 15) is 0 Å². The van der Waals surface area contributed by atoms with Crippen LogP contribution in [0.15, 0.2) is 35.5 Å². The van der Waals surface area contributed by atoms with E-state index in [4.69, 9.17) is 0 Å². The number of hydrogen-bond acceptors (Lipinski definition) is 0. The lowest BCUT2D eigenvalue weighted by atomic mass is 9.80. The monoisotopic (exact) mass is 244 g/mol. The van der Waals surface area contributed by atoms with Crippen molar-refractivity contribution in [2.45, 2.75) is 65.7 Å². The number of allylic oxidation sites excluding steroid dienone is 6. The van der Waals surface area contributed by atoms with Gasteiger partial charge < -0.3 is 0 Å². The highest BCUT2D eigenvalue weighted by Crippen LogP contribution is 2.52. The van der Waals surface area contributed by atoms with Crippen molar-refractivity contribution in [2.75, 3.05) is 0 Å². The van der Waals surface area contributed by atoms with Crippen LogP contribution in [0.25, 0.3) is 0 Å². The largest absolute Gasteiger partial charge is 0.0881 e. The highest BCUT2D eigenvalue weighted by Gasteiger charge is 2.40. The Bertz CT molecular complexity index is 363. The Balaban J connectivity index is 1.95. The van der Waals surface area contributed by atoms with E-state index in [0.717, 1.165) is 5.92 Å². The van der Waals surface area contributed by atoms with Crippen LogP contribution in [0.2, 0.25) is 0 Å². The van der Waals surface area contributed by atoms with Gasteiger partial charge in [0.2, 0.25) is 0 Å². The highest BCUT2D eigenvalue weighted by molar-refractivity contribution is 5.22. The molecule has 2 atom stereocenters. The van der Waals surface area contributed by atoms with Crippen LogP contribution in [0.4, 0.5) is 0 Å². The second-order valence-corrected chi connectivity index (χ2v) is 6.12. The predicted molar refractivity (Wildman–Crippen MR) is 80.6 cm³/mol. The lowest BCUT2D eigenvalue weighted by Gasteiger charge is -2.24. The predicted octanol–water partition coefficient (Wildman–Crippen LogP) is 5.82. The van der Waals surface area contributed by atoms with Gasteiger partial charge in [-0.25, -0.2) is 0 Å². The summed E-state index contributed by atoms with van der Waals surface area (Å²) in [5.41, 5.74) is 3.79. The van der Waals surface area contributed by atoms with Gasteiger partial charge in [-0.2, -0.15) is 0 Å². The van der Waals surface area contributed by atoms with Crippen molar-refractivity contribution in [3.8, 4) is 0 Å². The van der Waals surface area contributed by atoms with Gasteiger partial charge in [-0.3, -0.25) is 0 Å². The summed E-state index contributed by atoms with van der Waals surface area (Å²) in [5, 5.41) is 0. The van der Waals surface area contributed by atoms with Gasteiger partial charge in [-0.05, 0) is 63.2 Å². The zero-order chi connectivity index (χ0) is 13.0. The van der Waals surface area contributed by atoms with E-state index in [0.29, 0.717) is 5.41 Å². The van der Waals surface area contributed by atoms with E-state index in [1.54, 1.807) is 11.1 Å². The molecule has 0 radical (unpaired) electrons. The van der Waals surface area contributed by atoms with E-state index in [1.807, 2.05) is 0 Å². The molecule has 1 fully saturated rings. The molecule has 0 saturated heterocycles. The van der Waals surface area contributed by atoms with Crippen molar-refractivity contribution >= 4 is 0 Å². The minimum absolute atomic E-state index is 0.541. The molecule has 2 aliphatic carbocycles. The number of rotatable bonds is 6. The van der Waals surface area contributed by atoms with Crippen molar-refractivity contribution in [2.24, 2.45) is 11.3 Å². The first kappa shape index (κ1) is 13.6. The third kappa shape index (κ3) is 2.96. The molecule has 0 N–H and O–H groups in total. The summed E-state index contributed by atoms with van der Waals surface area (Å²) in [4.78, 5) is 0. The summed E-state index contributed by atoms with van der Waals surface area (Å²) in [7, 11) is 0. The second kappa shape index (κ2) is 5.91. The minimum Gasteiger partial charge on any atom is -0.0881 e. The van der Waals surface area contributed by atoms with Gasteiger partial charge in [0.05, 0.1) is 0 Å². The fourth-order valence-electron chi connectivity index (χ4n) is 3.63. The normalized spacial score (nSPS) is 29.9. The topological polar surface area (TPSA) is 0 Å². The molecular formula is C18H28. The molecule has 0 heterocycles. The van der Waals surface area contributed by atoms with Crippen LogP contribution in [0.3, 0.4) is 0 Å². The zero-order valence-electron chi connectivity index (χ0n) is 12.3. The van der Waals surface area contributed by atoms with Crippen LogP contribution >= 0.6 is 0 Å². The van der Waals surface area contributed by atoms with Crippen LogP contribution in [-0.4, -0.2) is 0 Å². The first-order valence-corrected chi connectivity index (χ1v) is 7.72. The van der Waals surface area contributed by atoms with Crippen LogP contribution in [0.5, 0.6) is 0 Å². The van der Waals surface area contributed by atoms with Gasteiger partial charge >= 0.3 is 0 Å². The maximum atomic E-state index is 2.52. The molecule has 2 aliphatic rings. The minimum atomic E-state index is 0.541. The van der Waals surface area contributed by atoms with E-state index >= 15 is 0 Å². The summed E-state index contributed by atoms with van der Waals surface area (Å²) >= 11 is 0. The molecule has 18 heavy (non-hydrogen) atoms. The van der Waals surface area contributed by atoms with Crippen molar-refractivity contribution in [1.29, 1.82) is 0 Å². The van der Waals surface area contributed by atoms with Gasteiger partial charge in [0, 0.05) is 0 Å². The van der Waals surface area contributed by atoms with Crippen LogP contribution in [-0.2, 0) is 0 Å². The molecule has 0 spiro atoms. The van der Waals surface area contributed by atoms with Crippen LogP contribution in [0.1, 0.15) is 65.7 Å². The first-order valence-electron chi connectivity index (χ1n) is 7.72. The molecule has 0 aromatic rings. The lowest BCUT2D eigenvalue weighted by molar-refractivity contribution is 0.397. The summed E-state index contributed by atoms with van der Waals surface area (Å²) in [6.07, 6.45) is 19.0. The Morgan fingerprint density at radius 1 is 1.28 bits per heavy atom. The van der Waals surface area contributed by atoms with Crippen LogP contribution < -0.4 is 0 Å². The van der Waals surface area contributed by atoms with E-state index < -0.39 is 0 Å². The molecule has 0 aliphatic heterocycles. The second-order valence-electron chi connectivity index (χ2n) is 6.12. The van der Waals surface area contributed by atoms with E-state index in [-0.39, 0.29) is 0 Å². The van der Waals surface area contributed by atoms with Crippen molar-refractivity contribution < 1.29 is 0 Å². The van der Waals surface area contributed by atoms with E-state index in [1.165, 1.54) is 44.9 Å². The van der Waals surface area contributed by atoms with Gasteiger partial charge in [-0.1, -0.05) is 49.3 Å². The maximum Gasteiger partial charge on any atom is -0.00751 e. The van der Waals surface area contributed by atoms with Crippen LogP contribution in [0, 0.1) is 11.3 Å². The third-order valence-corrected chi connectivity index (χ3v) is 4.95. The Morgan fingerprint density at radius 3 is 2.50 bits per heavy atom. The summed E-state index contributed by atoms with van der Waals surface area (Å²) in [6, 6.07) is 0.